The van der Waals surface area contributed by atoms with E-state index in [0.29, 0.717) is 12.8 Å². The van der Waals surface area contributed by atoms with E-state index in [9.17, 15) is 15.3 Å². The molecule has 50 heavy (non-hydrogen) atoms. The Bertz CT molecular complexity index is 617. The summed E-state index contributed by atoms with van der Waals surface area (Å²) in [6, 6.07) is 0. The Balaban J connectivity index is 3.41. The van der Waals surface area contributed by atoms with Gasteiger partial charge in [-0.15, -0.1) is 0 Å². The van der Waals surface area contributed by atoms with Gasteiger partial charge in [0.1, 0.15) is 6.10 Å². The minimum absolute atomic E-state index is 0.599. The monoisotopic (exact) mass is 705 g/mol. The Labute approximate surface area is 315 Å². The van der Waals surface area contributed by atoms with Gasteiger partial charge in [-0.25, -0.2) is 0 Å². The van der Waals surface area contributed by atoms with Crippen LogP contribution < -0.4 is 0 Å². The zero-order valence-electron chi connectivity index (χ0n) is 34.3. The topological polar surface area (TPSA) is 60.7 Å². The van der Waals surface area contributed by atoms with E-state index in [0.717, 1.165) is 25.7 Å². The Kier molecular flexibility index (Phi) is 42.2. The fourth-order valence-corrected chi connectivity index (χ4v) is 7.21. The van der Waals surface area contributed by atoms with E-state index >= 15 is 0 Å². The summed E-state index contributed by atoms with van der Waals surface area (Å²) in [6.07, 6.45) is 55.3. The van der Waals surface area contributed by atoms with Gasteiger partial charge < -0.3 is 15.3 Å². The Morgan fingerprint density at radius 3 is 0.720 bits per heavy atom. The van der Waals surface area contributed by atoms with Gasteiger partial charge in [0.25, 0.3) is 0 Å². The van der Waals surface area contributed by atoms with Gasteiger partial charge in [0.05, 0.1) is 12.2 Å². The molecule has 2 atom stereocenters. The third-order valence-corrected chi connectivity index (χ3v) is 10.8. The van der Waals surface area contributed by atoms with Gasteiger partial charge in [0.2, 0.25) is 0 Å². The normalized spacial score (nSPS) is 13.9. The fourth-order valence-electron chi connectivity index (χ4n) is 7.21. The van der Waals surface area contributed by atoms with Crippen molar-refractivity contribution in [3.63, 3.8) is 0 Å². The van der Waals surface area contributed by atoms with Crippen molar-refractivity contribution in [1.29, 1.82) is 0 Å². The average molecular weight is 705 g/mol. The van der Waals surface area contributed by atoms with E-state index < -0.39 is 18.3 Å². The number of unbranched alkanes of at least 4 members (excludes halogenated alkanes) is 32. The van der Waals surface area contributed by atoms with Gasteiger partial charge in [0.15, 0.2) is 0 Å². The average Bonchev–Trinajstić information content (AvgIpc) is 3.12. The van der Waals surface area contributed by atoms with Crippen molar-refractivity contribution >= 4 is 0 Å². The molecule has 0 bridgehead atoms. The van der Waals surface area contributed by atoms with Crippen LogP contribution in [0.3, 0.4) is 0 Å². The largest absolute Gasteiger partial charge is 0.390 e. The van der Waals surface area contributed by atoms with Gasteiger partial charge in [-0.05, 0) is 64.2 Å². The van der Waals surface area contributed by atoms with Crippen LogP contribution in [0.4, 0.5) is 0 Å². The van der Waals surface area contributed by atoms with Crippen molar-refractivity contribution in [2.75, 3.05) is 0 Å². The summed E-state index contributed by atoms with van der Waals surface area (Å²) in [5.41, 5.74) is 0. The predicted octanol–water partition coefficient (Wildman–Crippen LogP) is 15.0. The molecule has 0 saturated heterocycles. The molecular formula is C47H92O3. The van der Waals surface area contributed by atoms with Gasteiger partial charge in [-0.2, -0.15) is 0 Å². The third-order valence-electron chi connectivity index (χ3n) is 10.8. The summed E-state index contributed by atoms with van der Waals surface area (Å²) in [4.78, 5) is 0. The molecule has 0 heterocycles. The zero-order valence-corrected chi connectivity index (χ0v) is 34.3. The first-order chi connectivity index (χ1) is 24.6. The molecule has 3 N–H and O–H groups in total. The van der Waals surface area contributed by atoms with E-state index in [-0.39, 0.29) is 0 Å². The molecule has 0 aromatic carbocycles. The van der Waals surface area contributed by atoms with Crippen molar-refractivity contribution in [1.82, 2.24) is 0 Å². The SMILES string of the molecule is CCCCCCCC/C=C\CCCCCCCCCCCCC(O)C(O)C(O)CCCCCCCCCCCC/C=C\CCCCCCCC. The summed E-state index contributed by atoms with van der Waals surface area (Å²) in [7, 11) is 0. The molecule has 298 valence electrons. The lowest BCUT2D eigenvalue weighted by Gasteiger charge is -2.23. The lowest BCUT2D eigenvalue weighted by Crippen LogP contribution is -2.37. The highest BCUT2D eigenvalue weighted by atomic mass is 16.4. The van der Waals surface area contributed by atoms with E-state index in [1.807, 2.05) is 0 Å². The number of allylic oxidation sites excluding steroid dienone is 4. The Morgan fingerprint density at radius 2 is 0.480 bits per heavy atom. The molecule has 0 radical (unpaired) electrons. The highest BCUT2D eigenvalue weighted by Crippen LogP contribution is 2.18. The minimum Gasteiger partial charge on any atom is -0.390 e. The molecule has 3 nitrogen and oxygen atoms in total. The van der Waals surface area contributed by atoms with Crippen molar-refractivity contribution in [2.24, 2.45) is 0 Å². The van der Waals surface area contributed by atoms with Gasteiger partial charge in [-0.1, -0.05) is 218 Å². The van der Waals surface area contributed by atoms with Crippen molar-refractivity contribution < 1.29 is 15.3 Å². The number of aliphatic hydroxyl groups is 3. The molecule has 0 saturated carbocycles. The molecule has 0 fully saturated rings. The van der Waals surface area contributed by atoms with Gasteiger partial charge in [0, 0.05) is 0 Å². The number of rotatable bonds is 42. The van der Waals surface area contributed by atoms with Crippen LogP contribution in [0.15, 0.2) is 24.3 Å². The predicted molar refractivity (Wildman–Crippen MR) is 223 cm³/mol. The molecule has 0 rings (SSSR count). The highest BCUT2D eigenvalue weighted by Gasteiger charge is 2.23. The summed E-state index contributed by atoms with van der Waals surface area (Å²) in [6.45, 7) is 4.56. The summed E-state index contributed by atoms with van der Waals surface area (Å²) < 4.78 is 0. The standard InChI is InChI=1S/C47H92O3/c1-3-5-7-9-11-13-15-17-19-21-23-25-27-29-31-33-35-37-39-41-43-45(48)47(50)46(49)44-42-40-38-36-34-32-30-28-26-24-22-20-18-16-14-12-10-8-6-4-2/h17-20,45-50H,3-16,21-44H2,1-2H3/b19-17-,20-18-. The summed E-state index contributed by atoms with van der Waals surface area (Å²) >= 11 is 0. The van der Waals surface area contributed by atoms with E-state index in [1.54, 1.807) is 0 Å². The van der Waals surface area contributed by atoms with Crippen LogP contribution in [-0.2, 0) is 0 Å². The second kappa shape index (κ2) is 42.8. The van der Waals surface area contributed by atoms with Crippen molar-refractivity contribution in [3.8, 4) is 0 Å². The highest BCUT2D eigenvalue weighted by molar-refractivity contribution is 4.82. The lowest BCUT2D eigenvalue weighted by atomic mass is 9.97. The first-order valence-corrected chi connectivity index (χ1v) is 23.0. The maximum Gasteiger partial charge on any atom is 0.106 e. The first-order valence-electron chi connectivity index (χ1n) is 23.0. The number of hydrogen-bond donors (Lipinski definition) is 3. The molecule has 2 unspecified atom stereocenters. The number of hydrogen-bond acceptors (Lipinski definition) is 3. The van der Waals surface area contributed by atoms with Crippen LogP contribution in [0.1, 0.15) is 258 Å². The molecule has 0 spiro atoms. The van der Waals surface area contributed by atoms with Crippen LogP contribution in [0.5, 0.6) is 0 Å². The number of aliphatic hydroxyl groups excluding tert-OH is 3. The van der Waals surface area contributed by atoms with E-state index in [1.165, 1.54) is 205 Å². The maximum absolute atomic E-state index is 10.4. The third kappa shape index (κ3) is 38.6. The molecular weight excluding hydrogens is 613 g/mol. The molecule has 0 aromatic heterocycles. The second-order valence-electron chi connectivity index (χ2n) is 15.9. The van der Waals surface area contributed by atoms with Crippen LogP contribution >= 0.6 is 0 Å². The first kappa shape index (κ1) is 49.4. The smallest absolute Gasteiger partial charge is 0.106 e. The Morgan fingerprint density at radius 1 is 0.280 bits per heavy atom. The van der Waals surface area contributed by atoms with Crippen LogP contribution in [0, 0.1) is 0 Å². The molecule has 0 aliphatic heterocycles. The van der Waals surface area contributed by atoms with Gasteiger partial charge in [-0.3, -0.25) is 0 Å². The molecule has 0 aliphatic rings. The van der Waals surface area contributed by atoms with Crippen LogP contribution in [0.25, 0.3) is 0 Å². The molecule has 0 amide bonds. The molecule has 0 aromatic rings. The maximum atomic E-state index is 10.4. The van der Waals surface area contributed by atoms with E-state index in [4.69, 9.17) is 0 Å². The summed E-state index contributed by atoms with van der Waals surface area (Å²) in [5, 5.41) is 31.2. The van der Waals surface area contributed by atoms with Crippen molar-refractivity contribution in [3.05, 3.63) is 24.3 Å². The van der Waals surface area contributed by atoms with Crippen LogP contribution in [0.2, 0.25) is 0 Å². The van der Waals surface area contributed by atoms with Crippen molar-refractivity contribution in [2.45, 2.75) is 276 Å². The Hall–Kier alpha value is -0.640. The quantitative estimate of drug-likeness (QED) is 0.0438. The molecule has 0 aliphatic carbocycles. The minimum atomic E-state index is -0.998. The van der Waals surface area contributed by atoms with Crippen LogP contribution in [-0.4, -0.2) is 33.6 Å². The second-order valence-corrected chi connectivity index (χ2v) is 15.9. The van der Waals surface area contributed by atoms with Gasteiger partial charge >= 0.3 is 0 Å². The molecule has 3 heteroatoms. The fraction of sp³-hybridized carbons (Fsp3) is 0.915. The lowest BCUT2D eigenvalue weighted by molar-refractivity contribution is -0.0653. The summed E-state index contributed by atoms with van der Waals surface area (Å²) in [5.74, 6) is 0. The zero-order chi connectivity index (χ0) is 36.4. The van der Waals surface area contributed by atoms with E-state index in [2.05, 4.69) is 38.2 Å².